The maximum Gasteiger partial charge on any atom is 0.271 e. The fourth-order valence-electron chi connectivity index (χ4n) is 4.33. The van der Waals surface area contributed by atoms with Gasteiger partial charge in [-0.2, -0.15) is 0 Å². The molecule has 0 heterocycles. The summed E-state index contributed by atoms with van der Waals surface area (Å²) >= 11 is 0. The molecule has 3 aromatic rings. The van der Waals surface area contributed by atoms with Gasteiger partial charge in [0.05, 0.1) is 15.5 Å². The molecule has 0 aliphatic heterocycles. The van der Waals surface area contributed by atoms with Crippen molar-refractivity contribution in [2.75, 3.05) is 23.9 Å². The second kappa shape index (κ2) is 14.4. The lowest BCUT2D eigenvalue weighted by atomic mass is 10.1. The van der Waals surface area contributed by atoms with Crippen LogP contribution >= 0.6 is 0 Å². The zero-order valence-electron chi connectivity index (χ0n) is 23.5. The Morgan fingerprint density at radius 2 is 1.59 bits per heavy atom. The molecule has 0 radical (unpaired) electrons. The lowest BCUT2D eigenvalue weighted by molar-refractivity contribution is -0.384. The zero-order chi connectivity index (χ0) is 30.0. The maximum absolute atomic E-state index is 14.0. The first-order valence-corrected chi connectivity index (χ1v) is 14.9. The molecule has 0 spiro atoms. The molecule has 0 saturated carbocycles. The third-order valence-electron chi connectivity index (χ3n) is 6.49. The number of sulfonamides is 1. The first kappa shape index (κ1) is 31.3. The Bertz CT molecular complexity index is 1430. The normalized spacial score (nSPS) is 12.0. The van der Waals surface area contributed by atoms with Crippen LogP contribution in [0.25, 0.3) is 0 Å². The van der Waals surface area contributed by atoms with Crippen LogP contribution in [0.3, 0.4) is 0 Å². The second-order valence-corrected chi connectivity index (χ2v) is 11.8. The molecule has 11 heteroatoms. The summed E-state index contributed by atoms with van der Waals surface area (Å²) in [4.78, 5) is 39.4. The Hall–Kier alpha value is -4.25. The number of benzene rings is 3. The van der Waals surface area contributed by atoms with Crippen LogP contribution in [-0.4, -0.2) is 55.7 Å². The monoisotopic (exact) mass is 580 g/mol. The number of amides is 2. The van der Waals surface area contributed by atoms with Gasteiger partial charge in [0.2, 0.25) is 11.8 Å². The molecule has 10 nitrogen and oxygen atoms in total. The van der Waals surface area contributed by atoms with Gasteiger partial charge in [-0.3, -0.25) is 24.0 Å². The third-order valence-corrected chi connectivity index (χ3v) is 8.28. The Labute approximate surface area is 241 Å². The van der Waals surface area contributed by atoms with E-state index in [4.69, 9.17) is 0 Å². The van der Waals surface area contributed by atoms with Crippen molar-refractivity contribution in [2.45, 2.75) is 44.6 Å². The average Bonchev–Trinajstić information content (AvgIpc) is 2.97. The fourth-order valence-corrected chi connectivity index (χ4v) is 5.76. The van der Waals surface area contributed by atoms with E-state index in [1.54, 1.807) is 25.1 Å². The van der Waals surface area contributed by atoms with Crippen molar-refractivity contribution in [3.63, 3.8) is 0 Å². The van der Waals surface area contributed by atoms with Crippen LogP contribution < -0.4 is 9.62 Å². The predicted molar refractivity (Wildman–Crippen MR) is 158 cm³/mol. The van der Waals surface area contributed by atoms with Crippen LogP contribution in [0.4, 0.5) is 11.4 Å². The molecule has 3 rings (SSSR count). The van der Waals surface area contributed by atoms with Gasteiger partial charge in [0.15, 0.2) is 0 Å². The van der Waals surface area contributed by atoms with Crippen molar-refractivity contribution < 1.29 is 22.9 Å². The van der Waals surface area contributed by atoms with E-state index in [0.717, 1.165) is 15.9 Å². The van der Waals surface area contributed by atoms with E-state index >= 15 is 0 Å². The second-order valence-electron chi connectivity index (χ2n) is 9.99. The van der Waals surface area contributed by atoms with Gasteiger partial charge in [0, 0.05) is 25.2 Å². The largest absolute Gasteiger partial charge is 0.354 e. The number of hydrogen-bond donors (Lipinski definition) is 1. The van der Waals surface area contributed by atoms with Crippen LogP contribution in [0.2, 0.25) is 0 Å². The molecule has 218 valence electrons. The molecule has 2 amide bonds. The van der Waals surface area contributed by atoms with Gasteiger partial charge in [-0.1, -0.05) is 75.4 Å². The van der Waals surface area contributed by atoms with Gasteiger partial charge in [0.1, 0.15) is 12.6 Å². The molecule has 1 atom stereocenters. The Morgan fingerprint density at radius 1 is 0.951 bits per heavy atom. The highest BCUT2D eigenvalue weighted by atomic mass is 32.2. The molecular weight excluding hydrogens is 544 g/mol. The summed E-state index contributed by atoms with van der Waals surface area (Å²) in [7, 11) is -4.30. The summed E-state index contributed by atoms with van der Waals surface area (Å²) in [6.07, 6.45) is 0.759. The van der Waals surface area contributed by atoms with E-state index in [2.05, 4.69) is 5.32 Å². The highest BCUT2D eigenvalue weighted by Crippen LogP contribution is 2.27. The van der Waals surface area contributed by atoms with Gasteiger partial charge in [0.25, 0.3) is 15.7 Å². The topological polar surface area (TPSA) is 130 Å². The minimum Gasteiger partial charge on any atom is -0.354 e. The van der Waals surface area contributed by atoms with Crippen LogP contribution in [0.5, 0.6) is 0 Å². The number of hydrogen-bond acceptors (Lipinski definition) is 6. The Morgan fingerprint density at radius 3 is 2.17 bits per heavy atom. The van der Waals surface area contributed by atoms with Crippen LogP contribution in [0, 0.1) is 16.0 Å². The molecule has 1 N–H and O–H groups in total. The summed E-state index contributed by atoms with van der Waals surface area (Å²) < 4.78 is 28.5. The number of carbonyl (C=O) groups excluding carboxylic acids is 2. The smallest absolute Gasteiger partial charge is 0.271 e. The third kappa shape index (κ3) is 8.37. The molecule has 41 heavy (non-hydrogen) atoms. The summed E-state index contributed by atoms with van der Waals surface area (Å²) in [5, 5.41) is 14.4. The standard InChI is InChI=1S/C30H36N4O6S/c1-4-28(30(36)31-21-23(2)3)32(19-18-24-12-7-5-8-13-24)29(35)22-33(25-14-11-15-26(20-25)34(37)38)41(39,40)27-16-9-6-10-17-27/h5-17,20,23,28H,4,18-19,21-22H2,1-3H3,(H,31,36). The van der Waals surface area contributed by atoms with Crippen molar-refractivity contribution in [1.82, 2.24) is 10.2 Å². The number of anilines is 1. The van der Waals surface area contributed by atoms with Gasteiger partial charge < -0.3 is 10.2 Å². The van der Waals surface area contributed by atoms with Crippen LogP contribution in [0.15, 0.2) is 89.8 Å². The number of nitro benzene ring substituents is 1. The maximum atomic E-state index is 14.0. The number of non-ortho nitro benzene ring substituents is 1. The van der Waals surface area contributed by atoms with E-state index < -0.39 is 33.4 Å². The highest BCUT2D eigenvalue weighted by molar-refractivity contribution is 7.92. The molecule has 0 saturated heterocycles. The van der Waals surface area contributed by atoms with E-state index in [9.17, 15) is 28.1 Å². The summed E-state index contributed by atoms with van der Waals surface area (Å²) in [6.45, 7) is 5.67. The lowest BCUT2D eigenvalue weighted by Gasteiger charge is -2.33. The number of nitrogens with one attached hydrogen (secondary N) is 1. The van der Waals surface area contributed by atoms with E-state index in [-0.39, 0.29) is 34.6 Å². The lowest BCUT2D eigenvalue weighted by Crippen LogP contribution is -2.53. The Balaban J connectivity index is 2.03. The molecule has 0 aliphatic rings. The molecule has 0 aromatic heterocycles. The van der Waals surface area contributed by atoms with Gasteiger partial charge in [-0.25, -0.2) is 8.42 Å². The summed E-state index contributed by atoms with van der Waals surface area (Å²) in [5.74, 6) is -0.723. The van der Waals surface area contributed by atoms with Gasteiger partial charge >= 0.3 is 0 Å². The van der Waals surface area contributed by atoms with Crippen molar-refractivity contribution in [3.8, 4) is 0 Å². The van der Waals surface area contributed by atoms with Crippen molar-refractivity contribution in [2.24, 2.45) is 5.92 Å². The van der Waals surface area contributed by atoms with E-state index in [1.807, 2.05) is 44.2 Å². The van der Waals surface area contributed by atoms with Crippen LogP contribution in [-0.2, 0) is 26.0 Å². The van der Waals surface area contributed by atoms with Crippen LogP contribution in [0.1, 0.15) is 32.8 Å². The molecule has 1 unspecified atom stereocenters. The summed E-state index contributed by atoms with van der Waals surface area (Å²) in [6, 6.07) is 21.3. The highest BCUT2D eigenvalue weighted by Gasteiger charge is 2.33. The SMILES string of the molecule is CCC(C(=O)NCC(C)C)N(CCc1ccccc1)C(=O)CN(c1cccc([N+](=O)[O-])c1)S(=O)(=O)c1ccccc1. The van der Waals surface area contributed by atoms with Crippen molar-refractivity contribution in [3.05, 3.63) is 101 Å². The van der Waals surface area contributed by atoms with Crippen molar-refractivity contribution >= 4 is 33.2 Å². The average molecular weight is 581 g/mol. The number of rotatable bonds is 14. The molecule has 0 aliphatic carbocycles. The molecule has 3 aromatic carbocycles. The molecule has 0 fully saturated rings. The first-order chi connectivity index (χ1) is 19.5. The first-order valence-electron chi connectivity index (χ1n) is 13.5. The Kier molecular flexibility index (Phi) is 11.0. The van der Waals surface area contributed by atoms with E-state index in [0.29, 0.717) is 19.4 Å². The quantitative estimate of drug-likeness (QED) is 0.222. The predicted octanol–water partition coefficient (Wildman–Crippen LogP) is 4.41. The molecular formula is C30H36N4O6S. The summed E-state index contributed by atoms with van der Waals surface area (Å²) in [5.41, 5.74) is 0.607. The van der Waals surface area contributed by atoms with Gasteiger partial charge in [-0.15, -0.1) is 0 Å². The van der Waals surface area contributed by atoms with E-state index in [1.165, 1.54) is 35.2 Å². The van der Waals surface area contributed by atoms with Crippen molar-refractivity contribution in [1.29, 1.82) is 0 Å². The fraction of sp³-hybridized carbons (Fsp3) is 0.333. The molecule has 0 bridgehead atoms. The minimum atomic E-state index is -4.30. The number of nitro groups is 1. The number of nitrogens with zero attached hydrogens (tertiary/aromatic N) is 3. The van der Waals surface area contributed by atoms with Gasteiger partial charge in [-0.05, 0) is 42.5 Å². The number of carbonyl (C=O) groups is 2. The minimum absolute atomic E-state index is 0.0308. The zero-order valence-corrected chi connectivity index (χ0v) is 24.3.